The molecule has 1 aromatic rings. The van der Waals surface area contributed by atoms with E-state index in [0.717, 1.165) is 12.3 Å². The third-order valence-electron chi connectivity index (χ3n) is 3.42. The van der Waals surface area contributed by atoms with Crippen molar-refractivity contribution < 1.29 is 37.7 Å². The maximum absolute atomic E-state index is 14.2. The number of aliphatic hydroxyl groups excluding tert-OH is 1. The van der Waals surface area contributed by atoms with Gasteiger partial charge in [-0.05, 0) is 13.0 Å². The standard InChI is InChI=1S/C14H17F2N3O7/c1-7(20)4-24-6-10(21)25-5-8-11(22)14(15,16)12(26-8)19-3-2-9(17)18-13(19)23/h2-3,8,11-12,22H,4-6H2,1H3,(H2,17,18,23). The summed E-state index contributed by atoms with van der Waals surface area (Å²) in [5.41, 5.74) is 4.21. The van der Waals surface area contributed by atoms with Crippen molar-refractivity contribution in [1.29, 1.82) is 0 Å². The van der Waals surface area contributed by atoms with Crippen molar-refractivity contribution in [2.45, 2.75) is 31.3 Å². The number of halogens is 2. The SMILES string of the molecule is CC(=O)COCC(=O)OCC1OC(n2ccc(N)nc2=O)C(F)(F)C1O. The van der Waals surface area contributed by atoms with Crippen LogP contribution in [0.1, 0.15) is 13.2 Å². The van der Waals surface area contributed by atoms with E-state index in [0.29, 0.717) is 4.57 Å². The molecule has 144 valence electrons. The van der Waals surface area contributed by atoms with E-state index in [1.54, 1.807) is 0 Å². The Bertz CT molecular complexity index is 739. The van der Waals surface area contributed by atoms with Gasteiger partial charge in [-0.3, -0.25) is 9.36 Å². The Morgan fingerprint density at radius 1 is 1.46 bits per heavy atom. The minimum atomic E-state index is -3.84. The number of nitrogen functional groups attached to an aromatic ring is 1. The molecule has 1 aliphatic heterocycles. The molecule has 10 nitrogen and oxygen atoms in total. The summed E-state index contributed by atoms with van der Waals surface area (Å²) in [5, 5.41) is 9.75. The normalized spacial score (nSPS) is 24.4. The molecule has 0 aromatic carbocycles. The van der Waals surface area contributed by atoms with Crippen molar-refractivity contribution in [1.82, 2.24) is 9.55 Å². The third kappa shape index (κ3) is 4.39. The van der Waals surface area contributed by atoms with E-state index < -0.39 is 49.2 Å². The molecule has 2 heterocycles. The highest BCUT2D eigenvalue weighted by atomic mass is 19.3. The van der Waals surface area contributed by atoms with Crippen LogP contribution in [0, 0.1) is 0 Å². The Hall–Kier alpha value is -2.44. The lowest BCUT2D eigenvalue weighted by Crippen LogP contribution is -2.42. The van der Waals surface area contributed by atoms with Gasteiger partial charge in [0, 0.05) is 6.20 Å². The Labute approximate surface area is 145 Å². The highest BCUT2D eigenvalue weighted by molar-refractivity contribution is 5.77. The molecule has 1 saturated heterocycles. The van der Waals surface area contributed by atoms with Gasteiger partial charge in [-0.1, -0.05) is 0 Å². The molecule has 12 heteroatoms. The first kappa shape index (κ1) is 19.9. The lowest BCUT2D eigenvalue weighted by molar-refractivity contribution is -0.155. The number of nitrogens with zero attached hydrogens (tertiary/aromatic N) is 2. The molecule has 0 radical (unpaired) electrons. The Morgan fingerprint density at radius 3 is 2.77 bits per heavy atom. The molecule has 1 aliphatic rings. The fourth-order valence-corrected chi connectivity index (χ4v) is 2.21. The zero-order chi connectivity index (χ0) is 19.5. The first-order valence-corrected chi connectivity index (χ1v) is 7.41. The average Bonchev–Trinajstić information content (AvgIpc) is 2.76. The largest absolute Gasteiger partial charge is 0.461 e. The molecule has 0 bridgehead atoms. The molecule has 3 atom stereocenters. The molecule has 1 aromatic heterocycles. The van der Waals surface area contributed by atoms with Crippen LogP contribution in [0.15, 0.2) is 17.1 Å². The van der Waals surface area contributed by atoms with Crippen molar-refractivity contribution in [2.24, 2.45) is 0 Å². The number of ketones is 1. The van der Waals surface area contributed by atoms with Crippen molar-refractivity contribution in [2.75, 3.05) is 25.6 Å². The summed E-state index contributed by atoms with van der Waals surface area (Å²) in [6.07, 6.45) is -5.10. The van der Waals surface area contributed by atoms with Crippen LogP contribution in [0.25, 0.3) is 0 Å². The van der Waals surface area contributed by atoms with Crippen LogP contribution in [-0.4, -0.2) is 64.4 Å². The Morgan fingerprint density at radius 2 is 2.15 bits per heavy atom. The molecular formula is C14H17F2N3O7. The molecule has 3 N–H and O–H groups in total. The van der Waals surface area contributed by atoms with Crippen LogP contribution < -0.4 is 11.4 Å². The molecular weight excluding hydrogens is 360 g/mol. The Kier molecular flexibility index (Phi) is 6.00. The van der Waals surface area contributed by atoms with Crippen LogP contribution >= 0.6 is 0 Å². The first-order chi connectivity index (χ1) is 12.1. The molecule has 0 aliphatic carbocycles. The van der Waals surface area contributed by atoms with Crippen molar-refractivity contribution in [3.05, 3.63) is 22.7 Å². The van der Waals surface area contributed by atoms with Crippen molar-refractivity contribution in [3.8, 4) is 0 Å². The smallest absolute Gasteiger partial charge is 0.351 e. The number of aliphatic hydroxyl groups is 1. The van der Waals surface area contributed by atoms with Crippen LogP contribution in [-0.2, 0) is 23.8 Å². The predicted octanol–water partition coefficient (Wildman–Crippen LogP) is -1.13. The number of Topliss-reactive ketones (excluding diaryl/α,β-unsaturated/α-hetero) is 1. The molecule has 1 fully saturated rings. The van der Waals surface area contributed by atoms with Crippen LogP contribution in [0.2, 0.25) is 0 Å². The summed E-state index contributed by atoms with van der Waals surface area (Å²) in [6.45, 7) is -0.314. The fourth-order valence-electron chi connectivity index (χ4n) is 2.21. The van der Waals surface area contributed by atoms with Gasteiger partial charge in [-0.2, -0.15) is 13.8 Å². The minimum Gasteiger partial charge on any atom is -0.461 e. The van der Waals surface area contributed by atoms with E-state index >= 15 is 0 Å². The molecule has 26 heavy (non-hydrogen) atoms. The van der Waals surface area contributed by atoms with Gasteiger partial charge < -0.3 is 25.1 Å². The number of ether oxygens (including phenoxy) is 3. The van der Waals surface area contributed by atoms with Gasteiger partial charge in [0.2, 0.25) is 6.23 Å². The van der Waals surface area contributed by atoms with Gasteiger partial charge in [0.15, 0.2) is 11.9 Å². The molecule has 0 spiro atoms. The second-order valence-corrected chi connectivity index (χ2v) is 5.57. The highest BCUT2D eigenvalue weighted by Gasteiger charge is 2.60. The van der Waals surface area contributed by atoms with Crippen molar-refractivity contribution in [3.63, 3.8) is 0 Å². The van der Waals surface area contributed by atoms with Crippen LogP contribution in [0.5, 0.6) is 0 Å². The maximum Gasteiger partial charge on any atom is 0.351 e. The number of rotatable bonds is 7. The summed E-state index contributed by atoms with van der Waals surface area (Å²) in [7, 11) is 0. The highest BCUT2D eigenvalue weighted by Crippen LogP contribution is 2.42. The van der Waals surface area contributed by atoms with Gasteiger partial charge in [0.25, 0.3) is 0 Å². The predicted molar refractivity (Wildman–Crippen MR) is 80.2 cm³/mol. The minimum absolute atomic E-state index is 0.163. The molecule has 2 rings (SSSR count). The quantitative estimate of drug-likeness (QED) is 0.564. The second-order valence-electron chi connectivity index (χ2n) is 5.57. The van der Waals surface area contributed by atoms with Crippen LogP contribution in [0.4, 0.5) is 14.6 Å². The van der Waals surface area contributed by atoms with Crippen LogP contribution in [0.3, 0.4) is 0 Å². The molecule has 3 unspecified atom stereocenters. The van der Waals surface area contributed by atoms with E-state index in [2.05, 4.69) is 9.72 Å². The lowest BCUT2D eigenvalue weighted by atomic mass is 10.1. The zero-order valence-electron chi connectivity index (χ0n) is 13.6. The summed E-state index contributed by atoms with van der Waals surface area (Å²) in [4.78, 5) is 37.1. The van der Waals surface area contributed by atoms with E-state index in [1.807, 2.05) is 0 Å². The number of hydrogen-bond donors (Lipinski definition) is 2. The summed E-state index contributed by atoms with van der Waals surface area (Å²) >= 11 is 0. The van der Waals surface area contributed by atoms with Gasteiger partial charge in [0.05, 0.1) is 0 Å². The maximum atomic E-state index is 14.2. The summed E-state index contributed by atoms with van der Waals surface area (Å²) in [5.74, 6) is -5.24. The first-order valence-electron chi connectivity index (χ1n) is 7.41. The van der Waals surface area contributed by atoms with E-state index in [4.69, 9.17) is 15.2 Å². The average molecular weight is 377 g/mol. The number of hydrogen-bond acceptors (Lipinski definition) is 9. The van der Waals surface area contributed by atoms with Crippen molar-refractivity contribution >= 4 is 17.6 Å². The third-order valence-corrected chi connectivity index (χ3v) is 3.42. The lowest BCUT2D eigenvalue weighted by Gasteiger charge is -2.20. The van der Waals surface area contributed by atoms with Gasteiger partial charge in [-0.15, -0.1) is 0 Å². The Balaban J connectivity index is 2.00. The number of carbonyl (C=O) groups excluding carboxylic acids is 2. The molecule has 0 saturated carbocycles. The number of esters is 1. The van der Waals surface area contributed by atoms with E-state index in [9.17, 15) is 28.3 Å². The zero-order valence-corrected chi connectivity index (χ0v) is 13.6. The number of aromatic nitrogens is 2. The topological polar surface area (TPSA) is 143 Å². The van der Waals surface area contributed by atoms with E-state index in [1.165, 1.54) is 6.92 Å². The second kappa shape index (κ2) is 7.85. The number of alkyl halides is 2. The number of carbonyl (C=O) groups is 2. The fraction of sp³-hybridized carbons (Fsp3) is 0.571. The summed E-state index contributed by atoms with van der Waals surface area (Å²) in [6, 6.07) is 1.12. The van der Waals surface area contributed by atoms with Gasteiger partial charge >= 0.3 is 17.6 Å². The number of nitrogens with two attached hydrogens (primary N) is 1. The van der Waals surface area contributed by atoms with E-state index in [-0.39, 0.29) is 18.2 Å². The van der Waals surface area contributed by atoms with Gasteiger partial charge in [-0.25, -0.2) is 9.59 Å². The van der Waals surface area contributed by atoms with Gasteiger partial charge in [0.1, 0.15) is 31.7 Å². The summed E-state index contributed by atoms with van der Waals surface area (Å²) < 4.78 is 43.4. The molecule has 0 amide bonds. The number of anilines is 1. The monoisotopic (exact) mass is 377 g/mol.